The van der Waals surface area contributed by atoms with Gasteiger partial charge >= 0.3 is 0 Å². The third-order valence-electron chi connectivity index (χ3n) is 9.71. The van der Waals surface area contributed by atoms with Crippen molar-refractivity contribution in [3.8, 4) is 0 Å². The Kier molecular flexibility index (Phi) is 8.75. The van der Waals surface area contributed by atoms with E-state index in [1.165, 1.54) is 33.9 Å². The predicted octanol–water partition coefficient (Wildman–Crippen LogP) is 7.92. The van der Waals surface area contributed by atoms with E-state index in [0.29, 0.717) is 0 Å². The summed E-state index contributed by atoms with van der Waals surface area (Å²) in [5.41, 5.74) is 9.42. The van der Waals surface area contributed by atoms with Crippen molar-refractivity contribution in [3.05, 3.63) is 166 Å². The fourth-order valence-electron chi connectivity index (χ4n) is 7.08. The van der Waals surface area contributed by atoms with E-state index in [-0.39, 0.29) is 32.1 Å². The molecule has 246 valence electrons. The number of rotatable bonds is 7. The number of para-hydroxylation sites is 2. The summed E-state index contributed by atoms with van der Waals surface area (Å²) in [5, 5.41) is 40.9. The number of hydrogen-bond donors (Lipinski definition) is 2. The van der Waals surface area contributed by atoms with Crippen LogP contribution in [0.5, 0.6) is 0 Å². The zero-order valence-electron chi connectivity index (χ0n) is 27.9. The van der Waals surface area contributed by atoms with Gasteiger partial charge in [0.1, 0.15) is 0 Å². The summed E-state index contributed by atoms with van der Waals surface area (Å²) in [5.74, 6) is 0. The minimum Gasteiger partial charge on any atom is -0.417 e. The largest absolute Gasteiger partial charge is 0.417 e. The maximum atomic E-state index is 11.2. The summed E-state index contributed by atoms with van der Waals surface area (Å²) >= 11 is 0. The maximum absolute atomic E-state index is 11.2. The Morgan fingerprint density at radius 3 is 1.27 bits per heavy atom. The highest BCUT2D eigenvalue weighted by Crippen LogP contribution is 2.49. The Balaban J connectivity index is 1.22. The average Bonchev–Trinajstić information content (AvgIpc) is 3.43. The molecule has 0 atom stereocenters. The Labute approximate surface area is 282 Å². The molecule has 2 aliphatic heterocycles. The van der Waals surface area contributed by atoms with Crippen molar-refractivity contribution in [2.24, 2.45) is 0 Å². The number of fused-ring (bicyclic) bond motifs is 2. The van der Waals surface area contributed by atoms with Gasteiger partial charge in [-0.25, -0.2) is 0 Å². The molecule has 0 saturated carbocycles. The lowest BCUT2D eigenvalue weighted by Crippen LogP contribution is -2.29. The first-order valence-electron chi connectivity index (χ1n) is 16.4. The number of unbranched alkanes of at least 4 members (excludes halogenated alkanes) is 1. The molecular weight excluding hydrogens is 600 g/mol. The summed E-state index contributed by atoms with van der Waals surface area (Å²) in [7, 11) is 0. The van der Waals surface area contributed by atoms with Crippen molar-refractivity contribution in [1.82, 2.24) is 0 Å². The van der Waals surface area contributed by atoms with Crippen LogP contribution in [0, 0.1) is 10.4 Å². The number of nitrogens with zero attached hydrogens (tertiary/aromatic N) is 4. The molecule has 6 rings (SSSR count). The van der Waals surface area contributed by atoms with Gasteiger partial charge in [0.25, 0.3) is 11.4 Å². The lowest BCUT2D eigenvalue weighted by molar-refractivity contribution is -0.725. The highest BCUT2D eigenvalue weighted by atomic mass is 16.8. The van der Waals surface area contributed by atoms with Crippen molar-refractivity contribution in [3.63, 3.8) is 0 Å². The minimum absolute atomic E-state index is 0.125. The second-order valence-electron chi connectivity index (χ2n) is 13.5. The lowest BCUT2D eigenvalue weighted by Gasteiger charge is -2.29. The van der Waals surface area contributed by atoms with Gasteiger partial charge in [0.05, 0.1) is 0 Å². The summed E-state index contributed by atoms with van der Waals surface area (Å²) in [6, 6.07) is 17.2. The normalized spacial score (nSPS) is 20.2. The van der Waals surface area contributed by atoms with Crippen molar-refractivity contribution in [1.29, 1.82) is 0 Å². The van der Waals surface area contributed by atoms with Crippen LogP contribution in [0.15, 0.2) is 144 Å². The zero-order chi connectivity index (χ0) is 34.1. The molecule has 2 aliphatic carbocycles. The van der Waals surface area contributed by atoms with Crippen LogP contribution < -0.4 is 9.80 Å². The van der Waals surface area contributed by atoms with E-state index in [0.717, 1.165) is 37.1 Å². The van der Waals surface area contributed by atoms with Gasteiger partial charge in [0.15, 0.2) is 0 Å². The third kappa shape index (κ3) is 6.13. The first kappa shape index (κ1) is 32.4. The Hall–Kier alpha value is -5.50. The van der Waals surface area contributed by atoms with E-state index in [1.54, 1.807) is 24.3 Å². The van der Waals surface area contributed by atoms with Gasteiger partial charge in [0.2, 0.25) is 0 Å². The van der Waals surface area contributed by atoms with E-state index < -0.39 is 0 Å². The average molecular weight is 643 g/mol. The first-order chi connectivity index (χ1) is 23.0. The van der Waals surface area contributed by atoms with Crippen LogP contribution in [0.2, 0.25) is 0 Å². The second kappa shape index (κ2) is 13.0. The predicted molar refractivity (Wildman–Crippen MR) is 193 cm³/mol. The van der Waals surface area contributed by atoms with Crippen LogP contribution >= 0.6 is 0 Å². The Morgan fingerprint density at radius 2 is 0.917 bits per heavy atom. The number of benzene rings is 2. The minimum atomic E-state index is -0.186. The SMILES string of the molecule is CC1(C)C(=CC=C2C=CC(=[N+]([O-])O)C=C2)N(CCCCN2C(=CC=C3C=CC(=[N+]([O-])O)C=C3)C(C)(C)c3ccccc32)c2ccccc21. The molecule has 2 N–H and O–H groups in total. The molecular formula is C40H42N4O4. The topological polar surface area (TPSA) is 99.1 Å². The van der Waals surface area contributed by atoms with E-state index in [9.17, 15) is 20.8 Å². The van der Waals surface area contributed by atoms with Crippen LogP contribution in [-0.2, 0) is 10.8 Å². The van der Waals surface area contributed by atoms with E-state index in [1.807, 2.05) is 24.3 Å². The molecule has 8 nitrogen and oxygen atoms in total. The van der Waals surface area contributed by atoms with Crippen LogP contribution in [0.1, 0.15) is 51.7 Å². The fraction of sp³-hybridized carbons (Fsp3) is 0.250. The van der Waals surface area contributed by atoms with Gasteiger partial charge in [-0.1, -0.05) is 76.2 Å². The first-order valence-corrected chi connectivity index (χ1v) is 16.4. The van der Waals surface area contributed by atoms with Gasteiger partial charge in [-0.05, 0) is 83.7 Å². The highest BCUT2D eigenvalue weighted by Gasteiger charge is 2.41. The smallest absolute Gasteiger partial charge is 0.267 e. The Bertz CT molecular complexity index is 1750. The number of hydrogen-bond acceptors (Lipinski definition) is 6. The summed E-state index contributed by atoms with van der Waals surface area (Å²) in [6.45, 7) is 10.8. The maximum Gasteiger partial charge on any atom is 0.267 e. The van der Waals surface area contributed by atoms with Crippen LogP contribution in [0.4, 0.5) is 11.4 Å². The monoisotopic (exact) mass is 642 g/mol. The molecule has 0 amide bonds. The fourth-order valence-corrected chi connectivity index (χ4v) is 7.08. The summed E-state index contributed by atoms with van der Waals surface area (Å²) in [4.78, 5) is 4.64. The van der Waals surface area contributed by atoms with Crippen molar-refractivity contribution in [2.45, 2.75) is 51.4 Å². The lowest BCUT2D eigenvalue weighted by atomic mass is 9.83. The molecule has 2 heterocycles. The quantitative estimate of drug-likeness (QED) is 0.138. The molecule has 4 aliphatic rings. The highest BCUT2D eigenvalue weighted by molar-refractivity contribution is 6.02. The van der Waals surface area contributed by atoms with Gasteiger partial charge in [-0.15, -0.1) is 0 Å². The van der Waals surface area contributed by atoms with Gasteiger partial charge < -0.3 is 20.2 Å². The molecule has 2 aromatic rings. The number of allylic oxidation sites excluding steroid dienone is 16. The van der Waals surface area contributed by atoms with E-state index in [4.69, 9.17) is 0 Å². The molecule has 8 heteroatoms. The number of anilines is 2. The molecule has 48 heavy (non-hydrogen) atoms. The molecule has 0 radical (unpaired) electrons. The van der Waals surface area contributed by atoms with Gasteiger partial charge in [0, 0.05) is 80.8 Å². The Morgan fingerprint density at radius 1 is 0.562 bits per heavy atom. The molecule has 2 aromatic carbocycles. The zero-order valence-corrected chi connectivity index (χ0v) is 27.9. The van der Waals surface area contributed by atoms with Crippen molar-refractivity contribution >= 4 is 22.8 Å². The van der Waals surface area contributed by atoms with E-state index >= 15 is 0 Å². The molecule has 0 spiro atoms. The van der Waals surface area contributed by atoms with Crippen molar-refractivity contribution < 1.29 is 20.2 Å². The second-order valence-corrected chi connectivity index (χ2v) is 13.5. The van der Waals surface area contributed by atoms with Gasteiger partial charge in [-0.2, -0.15) is 0 Å². The molecule has 0 aromatic heterocycles. The molecule has 0 fully saturated rings. The van der Waals surface area contributed by atoms with E-state index in [2.05, 4.69) is 110 Å². The van der Waals surface area contributed by atoms with Gasteiger partial charge in [-0.3, -0.25) is 10.4 Å². The third-order valence-corrected chi connectivity index (χ3v) is 9.71. The summed E-state index contributed by atoms with van der Waals surface area (Å²) in [6.07, 6.45) is 24.2. The van der Waals surface area contributed by atoms with Crippen LogP contribution in [-0.4, -0.2) is 44.7 Å². The van der Waals surface area contributed by atoms with Crippen LogP contribution in [0.25, 0.3) is 0 Å². The molecule has 0 bridgehead atoms. The van der Waals surface area contributed by atoms with Crippen molar-refractivity contribution in [2.75, 3.05) is 22.9 Å². The van der Waals surface area contributed by atoms with Crippen LogP contribution in [0.3, 0.4) is 0 Å². The molecule has 0 saturated heterocycles. The standard InChI is InChI=1S/C40H42N4O4/c1-39(2)33-11-5-7-13-35(33)41(37(39)25-19-29-15-21-31(22-16-29)43(45)46)27-9-10-28-42-36-14-8-6-12-34(36)40(3,4)38(42)26-20-30-17-23-32(24-18-30)44(47)48/h5-8,11-26H,9-10,27-28H2,1-4H3,(H,45,46)(H,47,48). The summed E-state index contributed by atoms with van der Waals surface area (Å²) < 4.78 is 0. The molecule has 0 unspecified atom stereocenters.